The standard InChI is InChI=1S/C18H26N6O/c1-22-10-12-23(13-11-22)16-6-8-24(9-7-16)18-21-20-17(25-18)14-2-4-15(19)5-3-14/h2-5,16H,6-13,19H2,1H3. The van der Waals surface area contributed by atoms with Crippen molar-refractivity contribution < 1.29 is 4.42 Å². The Morgan fingerprint density at radius 3 is 2.32 bits per heavy atom. The molecule has 2 aliphatic rings. The molecule has 0 unspecified atom stereocenters. The van der Waals surface area contributed by atoms with Crippen LogP contribution in [0.5, 0.6) is 0 Å². The highest BCUT2D eigenvalue weighted by Crippen LogP contribution is 2.26. The van der Waals surface area contributed by atoms with Crippen molar-refractivity contribution in [3.63, 3.8) is 0 Å². The minimum Gasteiger partial charge on any atom is -0.403 e. The van der Waals surface area contributed by atoms with Gasteiger partial charge in [-0.25, -0.2) is 0 Å². The van der Waals surface area contributed by atoms with Gasteiger partial charge in [-0.15, -0.1) is 5.10 Å². The predicted molar refractivity (Wildman–Crippen MR) is 98.5 cm³/mol. The Kier molecular flexibility index (Phi) is 4.59. The topological polar surface area (TPSA) is 74.7 Å². The fraction of sp³-hybridized carbons (Fsp3) is 0.556. The summed E-state index contributed by atoms with van der Waals surface area (Å²) in [4.78, 5) is 7.26. The van der Waals surface area contributed by atoms with E-state index in [1.165, 1.54) is 26.2 Å². The lowest BCUT2D eigenvalue weighted by atomic mass is 10.0. The quantitative estimate of drug-likeness (QED) is 0.848. The zero-order valence-electron chi connectivity index (χ0n) is 14.8. The Morgan fingerprint density at radius 1 is 0.960 bits per heavy atom. The lowest BCUT2D eigenvalue weighted by Crippen LogP contribution is -2.52. The highest BCUT2D eigenvalue weighted by molar-refractivity contribution is 5.57. The third-order valence-electron chi connectivity index (χ3n) is 5.36. The highest BCUT2D eigenvalue weighted by atomic mass is 16.4. The van der Waals surface area contributed by atoms with E-state index in [1.54, 1.807) is 0 Å². The van der Waals surface area contributed by atoms with Crippen LogP contribution in [0.15, 0.2) is 28.7 Å². The molecule has 2 N–H and O–H groups in total. The second-order valence-electron chi connectivity index (χ2n) is 7.07. The molecule has 0 atom stereocenters. The minimum absolute atomic E-state index is 0.552. The fourth-order valence-corrected chi connectivity index (χ4v) is 3.69. The molecule has 25 heavy (non-hydrogen) atoms. The maximum absolute atomic E-state index is 5.89. The van der Waals surface area contributed by atoms with Crippen molar-refractivity contribution in [3.05, 3.63) is 24.3 Å². The summed E-state index contributed by atoms with van der Waals surface area (Å²) in [6, 6.07) is 8.83. The Balaban J connectivity index is 1.36. The number of hydrogen-bond donors (Lipinski definition) is 1. The van der Waals surface area contributed by atoms with E-state index in [2.05, 4.69) is 31.9 Å². The molecule has 2 saturated heterocycles. The normalized spacial score (nSPS) is 20.9. The number of aromatic nitrogens is 2. The first kappa shape index (κ1) is 16.4. The molecular weight excluding hydrogens is 316 g/mol. The van der Waals surface area contributed by atoms with E-state index < -0.39 is 0 Å². The number of hydrogen-bond acceptors (Lipinski definition) is 7. The first-order valence-electron chi connectivity index (χ1n) is 9.06. The van der Waals surface area contributed by atoms with Crippen LogP contribution >= 0.6 is 0 Å². The average Bonchev–Trinajstić information content (AvgIpc) is 3.13. The number of piperazine rings is 1. The van der Waals surface area contributed by atoms with Gasteiger partial charge in [-0.05, 0) is 44.2 Å². The van der Waals surface area contributed by atoms with Gasteiger partial charge in [0.25, 0.3) is 0 Å². The van der Waals surface area contributed by atoms with Gasteiger partial charge in [0, 0.05) is 56.6 Å². The summed E-state index contributed by atoms with van der Waals surface area (Å²) in [5.41, 5.74) is 7.36. The molecule has 134 valence electrons. The third kappa shape index (κ3) is 3.62. The molecule has 2 aliphatic heterocycles. The predicted octanol–water partition coefficient (Wildman–Crippen LogP) is 1.53. The lowest BCUT2D eigenvalue weighted by Gasteiger charge is -2.41. The van der Waals surface area contributed by atoms with Gasteiger partial charge in [-0.2, -0.15) is 0 Å². The average molecular weight is 342 g/mol. The molecule has 2 fully saturated rings. The van der Waals surface area contributed by atoms with E-state index in [4.69, 9.17) is 10.2 Å². The smallest absolute Gasteiger partial charge is 0.318 e. The molecule has 2 aromatic rings. The molecule has 7 heteroatoms. The molecule has 1 aromatic carbocycles. The number of nitrogens with zero attached hydrogens (tertiary/aromatic N) is 5. The summed E-state index contributed by atoms with van der Waals surface area (Å²) < 4.78 is 5.89. The fourth-order valence-electron chi connectivity index (χ4n) is 3.69. The van der Waals surface area contributed by atoms with Crippen molar-refractivity contribution in [3.8, 4) is 11.5 Å². The summed E-state index contributed by atoms with van der Waals surface area (Å²) in [5, 5.41) is 8.44. The number of likely N-dealkylation sites (N-methyl/N-ethyl adjacent to an activating group) is 1. The van der Waals surface area contributed by atoms with Gasteiger partial charge in [-0.1, -0.05) is 5.10 Å². The van der Waals surface area contributed by atoms with Gasteiger partial charge in [0.15, 0.2) is 0 Å². The van der Waals surface area contributed by atoms with Crippen LogP contribution in [0.25, 0.3) is 11.5 Å². The summed E-state index contributed by atoms with van der Waals surface area (Å²) >= 11 is 0. The zero-order chi connectivity index (χ0) is 17.2. The van der Waals surface area contributed by atoms with Crippen LogP contribution in [0.1, 0.15) is 12.8 Å². The van der Waals surface area contributed by atoms with Crippen molar-refractivity contribution in [1.29, 1.82) is 0 Å². The summed E-state index contributed by atoms with van der Waals surface area (Å²) in [7, 11) is 2.20. The molecule has 0 bridgehead atoms. The van der Waals surface area contributed by atoms with Crippen LogP contribution in [-0.2, 0) is 0 Å². The number of nitrogen functional groups attached to an aromatic ring is 1. The Labute approximate surface area is 148 Å². The van der Waals surface area contributed by atoms with Crippen molar-refractivity contribution >= 4 is 11.7 Å². The Bertz CT molecular complexity index is 684. The maximum atomic E-state index is 5.89. The SMILES string of the molecule is CN1CCN(C2CCN(c3nnc(-c4ccc(N)cc4)o3)CC2)CC1. The molecule has 0 spiro atoms. The highest BCUT2D eigenvalue weighted by Gasteiger charge is 2.28. The van der Waals surface area contributed by atoms with Crippen molar-refractivity contribution in [1.82, 2.24) is 20.0 Å². The largest absolute Gasteiger partial charge is 0.403 e. The molecule has 0 radical (unpaired) electrons. The monoisotopic (exact) mass is 342 g/mol. The number of anilines is 2. The summed E-state index contributed by atoms with van der Waals surface area (Å²) in [5.74, 6) is 0.552. The molecular formula is C18H26N6O. The second kappa shape index (κ2) is 7.01. The molecule has 7 nitrogen and oxygen atoms in total. The summed E-state index contributed by atoms with van der Waals surface area (Å²) in [6.07, 6.45) is 2.31. The van der Waals surface area contributed by atoms with E-state index in [9.17, 15) is 0 Å². The second-order valence-corrected chi connectivity index (χ2v) is 7.07. The molecule has 3 heterocycles. The van der Waals surface area contributed by atoms with Crippen LogP contribution < -0.4 is 10.6 Å². The number of nitrogens with two attached hydrogens (primary N) is 1. The molecule has 4 rings (SSSR count). The third-order valence-corrected chi connectivity index (χ3v) is 5.36. The van der Waals surface area contributed by atoms with E-state index in [0.717, 1.165) is 37.2 Å². The van der Waals surface area contributed by atoms with Crippen LogP contribution in [0.4, 0.5) is 11.7 Å². The number of rotatable bonds is 3. The first-order valence-corrected chi connectivity index (χ1v) is 9.06. The van der Waals surface area contributed by atoms with Gasteiger partial charge in [0.05, 0.1) is 0 Å². The molecule has 0 aliphatic carbocycles. The van der Waals surface area contributed by atoms with Crippen molar-refractivity contribution in [2.45, 2.75) is 18.9 Å². The van der Waals surface area contributed by atoms with E-state index >= 15 is 0 Å². The van der Waals surface area contributed by atoms with Crippen LogP contribution in [0.2, 0.25) is 0 Å². The van der Waals surface area contributed by atoms with Crippen LogP contribution in [0, 0.1) is 0 Å². The van der Waals surface area contributed by atoms with E-state index in [1.807, 2.05) is 24.3 Å². The van der Waals surface area contributed by atoms with Crippen LogP contribution in [0.3, 0.4) is 0 Å². The van der Waals surface area contributed by atoms with Gasteiger partial charge in [0.1, 0.15) is 0 Å². The lowest BCUT2D eigenvalue weighted by molar-refractivity contribution is 0.0976. The maximum Gasteiger partial charge on any atom is 0.318 e. The Morgan fingerprint density at radius 2 is 1.64 bits per heavy atom. The van der Waals surface area contributed by atoms with E-state index in [0.29, 0.717) is 17.9 Å². The van der Waals surface area contributed by atoms with Gasteiger partial charge in [-0.3, -0.25) is 4.90 Å². The molecule has 0 amide bonds. The number of piperidine rings is 1. The Hall–Kier alpha value is -2.12. The minimum atomic E-state index is 0.552. The first-order chi connectivity index (χ1) is 12.2. The summed E-state index contributed by atoms with van der Waals surface area (Å²) in [6.45, 7) is 6.66. The van der Waals surface area contributed by atoms with Gasteiger partial charge < -0.3 is 20.0 Å². The van der Waals surface area contributed by atoms with Crippen molar-refractivity contribution in [2.75, 3.05) is 56.9 Å². The van der Waals surface area contributed by atoms with Crippen LogP contribution in [-0.4, -0.2) is 72.4 Å². The van der Waals surface area contributed by atoms with Gasteiger partial charge in [0.2, 0.25) is 5.89 Å². The van der Waals surface area contributed by atoms with E-state index in [-0.39, 0.29) is 0 Å². The molecule has 1 aromatic heterocycles. The van der Waals surface area contributed by atoms with Gasteiger partial charge >= 0.3 is 6.01 Å². The molecule has 0 saturated carbocycles. The zero-order valence-corrected chi connectivity index (χ0v) is 14.8. The van der Waals surface area contributed by atoms with Crippen molar-refractivity contribution in [2.24, 2.45) is 0 Å². The number of benzene rings is 1.